The van der Waals surface area contributed by atoms with Gasteiger partial charge in [-0.2, -0.15) is 0 Å². The molecular formula is C43H65ClN4O9. The lowest BCUT2D eigenvalue weighted by atomic mass is 9.83. The second-order valence-corrected chi connectivity index (χ2v) is 17.9. The molecule has 13 nitrogen and oxygen atoms in total. The SMILES string of the molecule is COc1cc2cc(c1Cl)N(C)C(=O)C[C@H](OC(=O)[C@H](C)N(C)C(=O)CCCCCNC(C)(C)C)[C@]1(C)C[C@H]1[C@H](C)[C@@H]1C[C@@](O)(NC(=O)O1)[C@H](OC)/C=C/C=C(\C)C2. The molecule has 3 aliphatic rings. The Morgan fingerprint density at radius 1 is 1.18 bits per heavy atom. The van der Waals surface area contributed by atoms with E-state index in [4.69, 9.17) is 30.5 Å². The van der Waals surface area contributed by atoms with Gasteiger partial charge in [-0.1, -0.05) is 55.7 Å². The van der Waals surface area contributed by atoms with Crippen molar-refractivity contribution in [1.82, 2.24) is 15.5 Å². The van der Waals surface area contributed by atoms with E-state index in [0.717, 1.165) is 30.5 Å². The van der Waals surface area contributed by atoms with E-state index in [1.807, 2.05) is 39.0 Å². The number of unbranched alkanes of at least 4 members (excludes halogenated alkanes) is 2. The van der Waals surface area contributed by atoms with Crippen LogP contribution in [0.25, 0.3) is 0 Å². The molecule has 1 saturated heterocycles. The summed E-state index contributed by atoms with van der Waals surface area (Å²) in [5.41, 5.74) is -0.225. The van der Waals surface area contributed by atoms with Crippen molar-refractivity contribution in [3.05, 3.63) is 46.5 Å². The maximum absolute atomic E-state index is 14.3. The third kappa shape index (κ3) is 11.5. The van der Waals surface area contributed by atoms with E-state index in [2.05, 4.69) is 31.4 Å². The zero-order chi connectivity index (χ0) is 42.5. The smallest absolute Gasteiger partial charge is 0.409 e. The van der Waals surface area contributed by atoms with E-state index in [-0.39, 0.29) is 47.1 Å². The number of nitrogens with one attached hydrogen (secondary N) is 2. The molecule has 1 aromatic rings. The minimum absolute atomic E-state index is 0.0321. The van der Waals surface area contributed by atoms with Gasteiger partial charge in [0.25, 0.3) is 0 Å². The molecule has 3 amide bonds. The van der Waals surface area contributed by atoms with Crippen LogP contribution < -0.4 is 20.3 Å². The summed E-state index contributed by atoms with van der Waals surface area (Å²) in [5, 5.41) is 18.1. The topological polar surface area (TPSA) is 156 Å². The lowest BCUT2D eigenvalue weighted by Gasteiger charge is -2.42. The largest absolute Gasteiger partial charge is 0.495 e. The molecule has 2 fully saturated rings. The first-order valence-corrected chi connectivity index (χ1v) is 20.4. The van der Waals surface area contributed by atoms with Crippen molar-refractivity contribution in [2.24, 2.45) is 17.3 Å². The number of ether oxygens (including phenoxy) is 4. The van der Waals surface area contributed by atoms with Crippen LogP contribution in [0.3, 0.4) is 0 Å². The average molecular weight is 817 g/mol. The Hall–Kier alpha value is -3.65. The molecule has 1 aromatic carbocycles. The van der Waals surface area contributed by atoms with E-state index in [9.17, 15) is 24.3 Å². The number of fused-ring (bicyclic) bond motifs is 5. The molecule has 0 unspecified atom stereocenters. The van der Waals surface area contributed by atoms with Crippen LogP contribution in [0.5, 0.6) is 5.75 Å². The Kier molecular flexibility index (Phi) is 15.3. The minimum atomic E-state index is -1.77. The summed E-state index contributed by atoms with van der Waals surface area (Å²) in [5.74, 6) is -1.20. The number of halogens is 1. The van der Waals surface area contributed by atoms with Gasteiger partial charge in [0.05, 0.1) is 19.2 Å². The average Bonchev–Trinajstić information content (AvgIpc) is 3.84. The van der Waals surface area contributed by atoms with Crippen LogP contribution in [0.4, 0.5) is 10.5 Å². The molecule has 0 spiro atoms. The summed E-state index contributed by atoms with van der Waals surface area (Å²) in [4.78, 5) is 57.2. The number of hydrogen-bond acceptors (Lipinski definition) is 10. The summed E-state index contributed by atoms with van der Waals surface area (Å²) in [6.45, 7) is 14.7. The number of alkyl carbamates (subject to hydrolysis) is 1. The van der Waals surface area contributed by atoms with E-state index < -0.39 is 47.6 Å². The number of esters is 1. The predicted molar refractivity (Wildman–Crippen MR) is 220 cm³/mol. The van der Waals surface area contributed by atoms with Gasteiger partial charge >= 0.3 is 12.1 Å². The van der Waals surface area contributed by atoms with Crippen LogP contribution in [-0.4, -0.2) is 104 Å². The molecule has 57 heavy (non-hydrogen) atoms. The van der Waals surface area contributed by atoms with Crippen LogP contribution in [0, 0.1) is 17.3 Å². The Balaban J connectivity index is 1.64. The molecule has 2 heterocycles. The van der Waals surface area contributed by atoms with Gasteiger partial charge in [0.2, 0.25) is 11.8 Å². The van der Waals surface area contributed by atoms with Crippen molar-refractivity contribution < 1.29 is 43.2 Å². The summed E-state index contributed by atoms with van der Waals surface area (Å²) < 4.78 is 23.3. The summed E-state index contributed by atoms with van der Waals surface area (Å²) >= 11 is 6.81. The Morgan fingerprint density at radius 3 is 2.53 bits per heavy atom. The van der Waals surface area contributed by atoms with Crippen molar-refractivity contribution in [1.29, 1.82) is 0 Å². The number of aliphatic hydroxyl groups is 1. The number of anilines is 1. The summed E-state index contributed by atoms with van der Waals surface area (Å²) in [6, 6.07) is 2.75. The molecule has 0 aromatic heterocycles. The van der Waals surface area contributed by atoms with Gasteiger partial charge < -0.3 is 39.2 Å². The predicted octanol–water partition coefficient (Wildman–Crippen LogP) is 6.33. The summed E-state index contributed by atoms with van der Waals surface area (Å²) in [6.07, 6.45) is 5.75. The van der Waals surface area contributed by atoms with Gasteiger partial charge in [-0.25, -0.2) is 9.59 Å². The van der Waals surface area contributed by atoms with Crippen LogP contribution in [-0.2, 0) is 35.0 Å². The Morgan fingerprint density at radius 2 is 1.88 bits per heavy atom. The van der Waals surface area contributed by atoms with Gasteiger partial charge in [0, 0.05) is 45.0 Å². The number of rotatable bonds is 11. The first kappa shape index (κ1) is 46.0. The number of allylic oxidation sites excluding steroid dienone is 3. The fourth-order valence-electron chi connectivity index (χ4n) is 7.99. The second-order valence-electron chi connectivity index (χ2n) is 17.5. The molecule has 4 rings (SSSR count). The molecule has 0 radical (unpaired) electrons. The van der Waals surface area contributed by atoms with Crippen molar-refractivity contribution in [3.8, 4) is 5.75 Å². The Labute approximate surface area is 343 Å². The van der Waals surface area contributed by atoms with Crippen LogP contribution in [0.15, 0.2) is 35.9 Å². The Bertz CT molecular complexity index is 1690. The molecule has 4 bridgehead atoms. The molecule has 1 aliphatic carbocycles. The lowest BCUT2D eigenvalue weighted by Crippen LogP contribution is -2.63. The number of nitrogens with zero attached hydrogens (tertiary/aromatic N) is 2. The zero-order valence-electron chi connectivity index (χ0n) is 35.7. The van der Waals surface area contributed by atoms with Crippen LogP contribution in [0.1, 0.15) is 99.0 Å². The molecular weight excluding hydrogens is 752 g/mol. The fraction of sp³-hybridized carbons (Fsp3) is 0.674. The quantitative estimate of drug-likeness (QED) is 0.170. The van der Waals surface area contributed by atoms with Crippen molar-refractivity contribution >= 4 is 41.2 Å². The summed E-state index contributed by atoms with van der Waals surface area (Å²) in [7, 11) is 6.20. The molecule has 318 valence electrons. The maximum Gasteiger partial charge on any atom is 0.409 e. The lowest BCUT2D eigenvalue weighted by molar-refractivity contribution is -0.163. The van der Waals surface area contributed by atoms with Crippen molar-refractivity contribution in [3.63, 3.8) is 0 Å². The fourth-order valence-corrected chi connectivity index (χ4v) is 8.30. The van der Waals surface area contributed by atoms with Gasteiger partial charge in [0.1, 0.15) is 35.1 Å². The van der Waals surface area contributed by atoms with E-state index in [1.165, 1.54) is 24.0 Å². The van der Waals surface area contributed by atoms with Gasteiger partial charge in [-0.15, -0.1) is 0 Å². The van der Waals surface area contributed by atoms with Gasteiger partial charge in [-0.05, 0) is 96.4 Å². The number of likely N-dealkylation sites (N-methyl/N-ethyl adjacent to an activating group) is 1. The number of benzene rings is 1. The van der Waals surface area contributed by atoms with Gasteiger partial charge in [-0.3, -0.25) is 14.9 Å². The van der Waals surface area contributed by atoms with E-state index in [1.54, 1.807) is 33.2 Å². The first-order valence-electron chi connectivity index (χ1n) is 20.1. The highest BCUT2D eigenvalue weighted by Gasteiger charge is 2.62. The monoisotopic (exact) mass is 816 g/mol. The van der Waals surface area contributed by atoms with Crippen molar-refractivity contribution in [2.75, 3.05) is 39.8 Å². The van der Waals surface area contributed by atoms with Crippen molar-refractivity contribution in [2.45, 2.75) is 135 Å². The minimum Gasteiger partial charge on any atom is -0.495 e. The van der Waals surface area contributed by atoms with Crippen LogP contribution >= 0.6 is 11.6 Å². The number of amides is 3. The first-order chi connectivity index (χ1) is 26.6. The number of carbonyl (C=O) groups is 4. The van der Waals surface area contributed by atoms with Crippen LogP contribution in [0.2, 0.25) is 5.02 Å². The maximum atomic E-state index is 14.3. The molecule has 14 heteroatoms. The molecule has 8 atom stereocenters. The standard InChI is InChI=1S/C43H65ClN4O9/c1-26-16-15-17-34(55-11)43(53)25-33(56-40(52)46-43)27(2)30-24-42(30,7)35(23-37(50)48(9)31-21-29(20-26)22-32(54-10)38(31)44)57-39(51)28(3)47(8)36(49)18-13-12-14-19-45-41(4,5)6/h15-17,21-22,27-28,30,33-35,45,53H,12-14,18-20,23-25H2,1-11H3,(H,46,52)/b17-15+,26-16+/t27-,28-,30-,33-,34+,35-,42+,43-/m0/s1. The van der Waals surface area contributed by atoms with Gasteiger partial charge in [0.15, 0.2) is 5.72 Å². The second kappa shape index (κ2) is 18.9. The highest BCUT2D eigenvalue weighted by Crippen LogP contribution is 2.61. The van der Waals surface area contributed by atoms with E-state index >= 15 is 0 Å². The molecule has 3 N–H and O–H groups in total. The zero-order valence-corrected chi connectivity index (χ0v) is 36.5. The number of carbonyl (C=O) groups excluding carboxylic acids is 4. The number of methoxy groups -OCH3 is 2. The highest BCUT2D eigenvalue weighted by atomic mass is 35.5. The number of hydrogen-bond donors (Lipinski definition) is 3. The highest BCUT2D eigenvalue weighted by molar-refractivity contribution is 6.35. The normalized spacial score (nSPS) is 30.2. The third-order valence-corrected chi connectivity index (χ3v) is 12.3. The molecule has 1 saturated carbocycles. The molecule has 2 aliphatic heterocycles. The third-order valence-electron chi connectivity index (χ3n) is 12.0. The van der Waals surface area contributed by atoms with E-state index in [0.29, 0.717) is 37.1 Å².